The highest BCUT2D eigenvalue weighted by Crippen LogP contribution is 2.27. The zero-order chi connectivity index (χ0) is 12.5. The SMILES string of the molecule is C[C@@H]1CC(O)C(O)C[N@@+]1([O-])Cc1ccccc1. The van der Waals surface area contributed by atoms with Crippen LogP contribution < -0.4 is 0 Å². The molecule has 1 fully saturated rings. The standard InChI is InChI=1S/C13H19NO3/c1-10-7-12(15)13(16)9-14(10,17)8-11-5-3-2-4-6-11/h2-6,10,12-13,15-16H,7-9H2,1H3/t10-,12?,13?,14+/m1/s1. The normalized spacial score (nSPS) is 38.0. The van der Waals surface area contributed by atoms with E-state index in [2.05, 4.69) is 0 Å². The number of aliphatic hydroxyl groups is 2. The van der Waals surface area contributed by atoms with Gasteiger partial charge in [-0.1, -0.05) is 30.3 Å². The number of piperidine rings is 1. The first kappa shape index (κ1) is 12.5. The number of aliphatic hydroxyl groups excluding tert-OH is 2. The first-order chi connectivity index (χ1) is 8.01. The molecule has 94 valence electrons. The minimum absolute atomic E-state index is 0.0667. The average molecular weight is 237 g/mol. The number of quaternary nitrogens is 1. The molecule has 0 radical (unpaired) electrons. The van der Waals surface area contributed by atoms with Crippen molar-refractivity contribution < 1.29 is 14.9 Å². The van der Waals surface area contributed by atoms with E-state index in [0.717, 1.165) is 5.56 Å². The molecular formula is C13H19NO3. The maximum absolute atomic E-state index is 12.6. The van der Waals surface area contributed by atoms with E-state index in [0.29, 0.717) is 13.0 Å². The lowest BCUT2D eigenvalue weighted by Crippen LogP contribution is -2.60. The van der Waals surface area contributed by atoms with Crippen LogP contribution in [-0.4, -0.2) is 39.7 Å². The van der Waals surface area contributed by atoms with E-state index in [1.54, 1.807) is 0 Å². The molecule has 0 bridgehead atoms. The molecule has 0 amide bonds. The topological polar surface area (TPSA) is 63.5 Å². The van der Waals surface area contributed by atoms with Crippen molar-refractivity contribution in [1.29, 1.82) is 0 Å². The van der Waals surface area contributed by atoms with Crippen molar-refractivity contribution in [2.75, 3.05) is 6.54 Å². The molecule has 1 saturated heterocycles. The van der Waals surface area contributed by atoms with Crippen LogP contribution in [0.25, 0.3) is 0 Å². The molecule has 4 nitrogen and oxygen atoms in total. The van der Waals surface area contributed by atoms with Crippen molar-refractivity contribution in [1.82, 2.24) is 0 Å². The zero-order valence-corrected chi connectivity index (χ0v) is 9.99. The third-order valence-corrected chi connectivity index (χ3v) is 3.62. The molecule has 2 unspecified atom stereocenters. The molecule has 2 rings (SSSR count). The predicted octanol–water partition coefficient (Wildman–Crippen LogP) is 1.02. The second-order valence-corrected chi connectivity index (χ2v) is 5.00. The summed E-state index contributed by atoms with van der Waals surface area (Å²) in [5, 5.41) is 31.8. The van der Waals surface area contributed by atoms with Gasteiger partial charge in [-0.25, -0.2) is 0 Å². The van der Waals surface area contributed by atoms with E-state index in [-0.39, 0.29) is 12.6 Å². The Morgan fingerprint density at radius 3 is 2.53 bits per heavy atom. The fourth-order valence-corrected chi connectivity index (χ4v) is 2.43. The molecule has 1 aliphatic rings. The molecule has 1 aromatic carbocycles. The van der Waals surface area contributed by atoms with Gasteiger partial charge in [0.2, 0.25) is 0 Å². The summed E-state index contributed by atoms with van der Waals surface area (Å²) in [5.74, 6) is 0. The molecule has 4 heteroatoms. The summed E-state index contributed by atoms with van der Waals surface area (Å²) in [5.41, 5.74) is 0.970. The van der Waals surface area contributed by atoms with Gasteiger partial charge in [0.05, 0.1) is 12.1 Å². The second kappa shape index (κ2) is 4.74. The van der Waals surface area contributed by atoms with Gasteiger partial charge in [0.15, 0.2) is 0 Å². The van der Waals surface area contributed by atoms with Crippen molar-refractivity contribution in [3.8, 4) is 0 Å². The van der Waals surface area contributed by atoms with Crippen LogP contribution in [0.15, 0.2) is 30.3 Å². The van der Waals surface area contributed by atoms with Gasteiger partial charge in [-0.3, -0.25) is 0 Å². The highest BCUT2D eigenvalue weighted by atomic mass is 16.6. The van der Waals surface area contributed by atoms with Crippen LogP contribution in [-0.2, 0) is 6.54 Å². The third-order valence-electron chi connectivity index (χ3n) is 3.62. The van der Waals surface area contributed by atoms with Gasteiger partial charge in [0.1, 0.15) is 19.2 Å². The molecule has 1 aliphatic heterocycles. The smallest absolute Gasteiger partial charge is 0.129 e. The van der Waals surface area contributed by atoms with Crippen molar-refractivity contribution in [3.05, 3.63) is 41.1 Å². The first-order valence-electron chi connectivity index (χ1n) is 5.99. The van der Waals surface area contributed by atoms with Crippen LogP contribution in [0.4, 0.5) is 0 Å². The Morgan fingerprint density at radius 2 is 1.88 bits per heavy atom. The molecule has 1 aromatic rings. The number of benzene rings is 1. The number of hydroxylamine groups is 3. The molecule has 0 spiro atoms. The summed E-state index contributed by atoms with van der Waals surface area (Å²) >= 11 is 0. The van der Waals surface area contributed by atoms with Gasteiger partial charge in [0, 0.05) is 12.0 Å². The quantitative estimate of drug-likeness (QED) is 0.596. The monoisotopic (exact) mass is 237 g/mol. The van der Waals surface area contributed by atoms with Gasteiger partial charge >= 0.3 is 0 Å². The largest absolute Gasteiger partial charge is 0.632 e. The minimum atomic E-state index is -0.910. The molecule has 17 heavy (non-hydrogen) atoms. The average Bonchev–Trinajstić information content (AvgIpc) is 2.28. The highest BCUT2D eigenvalue weighted by Gasteiger charge is 2.38. The van der Waals surface area contributed by atoms with Crippen molar-refractivity contribution in [2.24, 2.45) is 0 Å². The fraction of sp³-hybridized carbons (Fsp3) is 0.538. The Balaban J connectivity index is 2.13. The van der Waals surface area contributed by atoms with E-state index in [1.165, 1.54) is 0 Å². The lowest BCUT2D eigenvalue weighted by Gasteiger charge is -2.52. The van der Waals surface area contributed by atoms with Gasteiger partial charge in [-0.05, 0) is 6.92 Å². The molecule has 2 N–H and O–H groups in total. The summed E-state index contributed by atoms with van der Waals surface area (Å²) in [7, 11) is 0. The van der Waals surface area contributed by atoms with Crippen molar-refractivity contribution in [3.63, 3.8) is 0 Å². The first-order valence-corrected chi connectivity index (χ1v) is 5.99. The number of nitrogens with zero attached hydrogens (tertiary/aromatic N) is 1. The molecule has 0 aromatic heterocycles. The fourth-order valence-electron chi connectivity index (χ4n) is 2.43. The lowest BCUT2D eigenvalue weighted by molar-refractivity contribution is -0.925. The van der Waals surface area contributed by atoms with Gasteiger partial charge in [0.25, 0.3) is 0 Å². The Hall–Kier alpha value is -0.940. The number of likely N-dealkylation sites (tertiary alicyclic amines) is 1. The van der Waals surface area contributed by atoms with Crippen LogP contribution >= 0.6 is 0 Å². The Labute approximate surface area is 101 Å². The van der Waals surface area contributed by atoms with Crippen LogP contribution in [0.2, 0.25) is 0 Å². The molecule has 0 saturated carbocycles. The Morgan fingerprint density at radius 1 is 1.24 bits per heavy atom. The summed E-state index contributed by atoms with van der Waals surface area (Å²) < 4.78 is -0.456. The van der Waals surface area contributed by atoms with E-state index in [4.69, 9.17) is 0 Å². The predicted molar refractivity (Wildman–Crippen MR) is 64.7 cm³/mol. The molecule has 1 heterocycles. The number of rotatable bonds is 2. The van der Waals surface area contributed by atoms with Crippen molar-refractivity contribution >= 4 is 0 Å². The molecular weight excluding hydrogens is 218 g/mol. The van der Waals surface area contributed by atoms with E-state index in [9.17, 15) is 15.4 Å². The van der Waals surface area contributed by atoms with Gasteiger partial charge in [-0.15, -0.1) is 0 Å². The van der Waals surface area contributed by atoms with E-state index >= 15 is 0 Å². The summed E-state index contributed by atoms with van der Waals surface area (Å²) in [6.07, 6.45) is -1.31. The van der Waals surface area contributed by atoms with Gasteiger partial charge < -0.3 is 20.1 Å². The maximum atomic E-state index is 12.6. The molecule has 4 atom stereocenters. The van der Waals surface area contributed by atoms with Crippen LogP contribution in [0.5, 0.6) is 0 Å². The van der Waals surface area contributed by atoms with E-state index in [1.807, 2.05) is 37.3 Å². The lowest BCUT2D eigenvalue weighted by atomic mass is 9.97. The summed E-state index contributed by atoms with van der Waals surface area (Å²) in [4.78, 5) is 0. The highest BCUT2D eigenvalue weighted by molar-refractivity contribution is 5.13. The third kappa shape index (κ3) is 2.66. The summed E-state index contributed by atoms with van der Waals surface area (Å²) in [6.45, 7) is 2.26. The van der Waals surface area contributed by atoms with Crippen LogP contribution in [0.1, 0.15) is 18.9 Å². The second-order valence-electron chi connectivity index (χ2n) is 5.00. The Kier molecular flexibility index (Phi) is 3.49. The number of hydrogen-bond acceptors (Lipinski definition) is 3. The number of hydrogen-bond donors (Lipinski definition) is 2. The summed E-state index contributed by atoms with van der Waals surface area (Å²) in [6, 6.07) is 9.37. The minimum Gasteiger partial charge on any atom is -0.632 e. The molecule has 0 aliphatic carbocycles. The Bertz CT molecular complexity index is 370. The zero-order valence-electron chi connectivity index (χ0n) is 9.99. The van der Waals surface area contributed by atoms with Gasteiger partial charge in [-0.2, -0.15) is 0 Å². The maximum Gasteiger partial charge on any atom is 0.129 e. The van der Waals surface area contributed by atoms with Crippen molar-refractivity contribution in [2.45, 2.75) is 38.1 Å². The van der Waals surface area contributed by atoms with Crippen LogP contribution in [0, 0.1) is 5.21 Å². The van der Waals surface area contributed by atoms with E-state index < -0.39 is 16.9 Å². The van der Waals surface area contributed by atoms with Crippen LogP contribution in [0.3, 0.4) is 0 Å².